The molecule has 0 unspecified atom stereocenters. The smallest absolute Gasteiger partial charge is 0.337 e. The highest BCUT2D eigenvalue weighted by Crippen LogP contribution is 2.19. The summed E-state index contributed by atoms with van der Waals surface area (Å²) in [6, 6.07) is 3.30. The number of carboxylic acids is 1. The van der Waals surface area contributed by atoms with Crippen LogP contribution in [0.1, 0.15) is 23.2 Å². The number of aromatic carboxylic acids is 1. The van der Waals surface area contributed by atoms with Crippen LogP contribution in [0.4, 0.5) is 5.82 Å². The molecule has 0 spiro atoms. The predicted molar refractivity (Wildman–Crippen MR) is 69.5 cm³/mol. The van der Waals surface area contributed by atoms with Gasteiger partial charge in [0, 0.05) is 19.3 Å². The molecule has 1 aliphatic heterocycles. The van der Waals surface area contributed by atoms with Gasteiger partial charge in [0.25, 0.3) is 0 Å². The normalized spacial score (nSPS) is 16.6. The summed E-state index contributed by atoms with van der Waals surface area (Å²) in [7, 11) is 0. The molecule has 2 rings (SSSR count). The first-order valence-corrected chi connectivity index (χ1v) is 6.37. The molecule has 6 nitrogen and oxygen atoms in total. The van der Waals surface area contributed by atoms with E-state index in [1.165, 1.54) is 6.20 Å². The molecule has 2 heterocycles. The van der Waals surface area contributed by atoms with Crippen molar-refractivity contribution in [3.8, 4) is 0 Å². The molecule has 1 aliphatic rings. The van der Waals surface area contributed by atoms with E-state index in [0.717, 1.165) is 31.7 Å². The first kappa shape index (κ1) is 13.8. The van der Waals surface area contributed by atoms with Gasteiger partial charge in [0.2, 0.25) is 0 Å². The first-order valence-electron chi connectivity index (χ1n) is 6.37. The maximum absolute atomic E-state index is 10.7. The highest BCUT2D eigenvalue weighted by molar-refractivity contribution is 5.87. The van der Waals surface area contributed by atoms with Crippen LogP contribution < -0.4 is 4.90 Å². The highest BCUT2D eigenvalue weighted by atomic mass is 16.5. The summed E-state index contributed by atoms with van der Waals surface area (Å²) in [5.41, 5.74) is 0.199. The second kappa shape index (κ2) is 6.49. The molecule has 0 amide bonds. The van der Waals surface area contributed by atoms with Gasteiger partial charge in [-0.1, -0.05) is 0 Å². The number of pyridine rings is 1. The molecule has 2 N–H and O–H groups in total. The molecule has 1 aromatic rings. The van der Waals surface area contributed by atoms with Crippen molar-refractivity contribution in [2.45, 2.75) is 18.9 Å². The molecule has 0 atom stereocenters. The number of hydrogen-bond acceptors (Lipinski definition) is 5. The molecule has 1 aromatic heterocycles. The van der Waals surface area contributed by atoms with Crippen LogP contribution in [0.5, 0.6) is 0 Å². The van der Waals surface area contributed by atoms with Gasteiger partial charge in [-0.25, -0.2) is 9.78 Å². The number of carbonyl (C=O) groups is 1. The quantitative estimate of drug-likeness (QED) is 0.818. The van der Waals surface area contributed by atoms with Gasteiger partial charge in [0.1, 0.15) is 5.82 Å². The number of carboxylic acid groups (broad SMARTS) is 1. The van der Waals surface area contributed by atoms with E-state index in [0.29, 0.717) is 6.61 Å². The Kier molecular flexibility index (Phi) is 4.70. The Morgan fingerprint density at radius 3 is 2.68 bits per heavy atom. The lowest BCUT2D eigenvalue weighted by atomic mass is 10.1. The van der Waals surface area contributed by atoms with Crippen molar-refractivity contribution in [2.75, 3.05) is 31.2 Å². The Labute approximate surface area is 111 Å². The average molecular weight is 266 g/mol. The lowest BCUT2D eigenvalue weighted by Crippen LogP contribution is -2.37. The lowest BCUT2D eigenvalue weighted by molar-refractivity contribution is 0.0158. The molecule has 1 saturated heterocycles. The zero-order valence-corrected chi connectivity index (χ0v) is 10.7. The van der Waals surface area contributed by atoms with Gasteiger partial charge in [0.15, 0.2) is 0 Å². The number of aromatic nitrogens is 1. The summed E-state index contributed by atoms with van der Waals surface area (Å²) < 4.78 is 5.49. The molecule has 104 valence electrons. The Bertz CT molecular complexity index is 413. The average Bonchev–Trinajstić information content (AvgIpc) is 2.46. The van der Waals surface area contributed by atoms with Crippen LogP contribution in [0.15, 0.2) is 18.3 Å². The molecule has 6 heteroatoms. The molecule has 0 aromatic carbocycles. The zero-order chi connectivity index (χ0) is 13.7. The summed E-state index contributed by atoms with van der Waals surface area (Å²) in [4.78, 5) is 17.0. The number of aliphatic hydroxyl groups is 1. The van der Waals surface area contributed by atoms with Crippen molar-refractivity contribution in [1.29, 1.82) is 0 Å². The summed E-state index contributed by atoms with van der Waals surface area (Å²) in [6.07, 6.45) is 3.36. The fourth-order valence-corrected chi connectivity index (χ4v) is 2.17. The van der Waals surface area contributed by atoms with Crippen molar-refractivity contribution >= 4 is 11.8 Å². The summed E-state index contributed by atoms with van der Waals surface area (Å²) in [5.74, 6) is -0.166. The third kappa shape index (κ3) is 3.65. The van der Waals surface area contributed by atoms with Gasteiger partial charge in [-0.15, -0.1) is 0 Å². The molecule has 0 bridgehead atoms. The Morgan fingerprint density at radius 1 is 1.42 bits per heavy atom. The largest absolute Gasteiger partial charge is 0.478 e. The maximum atomic E-state index is 10.7. The molecular weight excluding hydrogens is 248 g/mol. The van der Waals surface area contributed by atoms with E-state index in [-0.39, 0.29) is 18.3 Å². The Morgan fingerprint density at radius 2 is 2.16 bits per heavy atom. The maximum Gasteiger partial charge on any atom is 0.337 e. The van der Waals surface area contributed by atoms with E-state index in [2.05, 4.69) is 9.88 Å². The van der Waals surface area contributed by atoms with Gasteiger partial charge in [-0.2, -0.15) is 0 Å². The van der Waals surface area contributed by atoms with Gasteiger partial charge in [-0.3, -0.25) is 0 Å². The number of rotatable bonds is 5. The van der Waals surface area contributed by atoms with Crippen molar-refractivity contribution in [3.63, 3.8) is 0 Å². The number of hydrogen-bond donors (Lipinski definition) is 2. The van der Waals surface area contributed by atoms with E-state index < -0.39 is 5.97 Å². The van der Waals surface area contributed by atoms with E-state index in [1.54, 1.807) is 12.1 Å². The fourth-order valence-electron chi connectivity index (χ4n) is 2.17. The molecule has 1 fully saturated rings. The minimum atomic E-state index is -0.963. The van der Waals surface area contributed by atoms with Gasteiger partial charge < -0.3 is 19.8 Å². The van der Waals surface area contributed by atoms with Crippen molar-refractivity contribution in [1.82, 2.24) is 4.98 Å². The topological polar surface area (TPSA) is 82.9 Å². The SMILES string of the molecule is O=C(O)c1ccc(N2CCC(OCCO)CC2)nc1. The molecule has 0 saturated carbocycles. The first-order chi connectivity index (χ1) is 9.20. The van der Waals surface area contributed by atoms with Gasteiger partial charge in [-0.05, 0) is 25.0 Å². The van der Waals surface area contributed by atoms with Gasteiger partial charge >= 0.3 is 5.97 Å². The second-order valence-corrected chi connectivity index (χ2v) is 4.49. The Balaban J connectivity index is 1.88. The standard InChI is InChI=1S/C13H18N2O4/c16-7-8-19-11-3-5-15(6-4-11)12-2-1-10(9-14-12)13(17)18/h1-2,9,11,16H,3-8H2,(H,17,18). The Hall–Kier alpha value is -1.66. The van der Waals surface area contributed by atoms with Crippen molar-refractivity contribution in [3.05, 3.63) is 23.9 Å². The summed E-state index contributed by atoms with van der Waals surface area (Å²) >= 11 is 0. The number of piperidine rings is 1. The molecule has 0 radical (unpaired) electrons. The van der Waals surface area contributed by atoms with E-state index >= 15 is 0 Å². The van der Waals surface area contributed by atoms with Crippen LogP contribution >= 0.6 is 0 Å². The van der Waals surface area contributed by atoms with Gasteiger partial charge in [0.05, 0.1) is 24.9 Å². The van der Waals surface area contributed by atoms with E-state index in [1.807, 2.05) is 0 Å². The second-order valence-electron chi connectivity index (χ2n) is 4.49. The monoisotopic (exact) mass is 266 g/mol. The lowest BCUT2D eigenvalue weighted by Gasteiger charge is -2.32. The number of anilines is 1. The van der Waals surface area contributed by atoms with Crippen LogP contribution in [0.3, 0.4) is 0 Å². The molecular formula is C13H18N2O4. The minimum Gasteiger partial charge on any atom is -0.478 e. The van der Waals surface area contributed by atoms with Crippen LogP contribution in [0.2, 0.25) is 0 Å². The number of ether oxygens (including phenoxy) is 1. The van der Waals surface area contributed by atoms with Crippen molar-refractivity contribution < 1.29 is 19.7 Å². The fraction of sp³-hybridized carbons (Fsp3) is 0.538. The number of aliphatic hydroxyl groups excluding tert-OH is 1. The highest BCUT2D eigenvalue weighted by Gasteiger charge is 2.20. The third-order valence-electron chi connectivity index (χ3n) is 3.21. The predicted octanol–water partition coefficient (Wildman–Crippen LogP) is 0.757. The summed E-state index contributed by atoms with van der Waals surface area (Å²) in [5, 5.41) is 17.5. The van der Waals surface area contributed by atoms with Crippen LogP contribution in [0, 0.1) is 0 Å². The molecule has 19 heavy (non-hydrogen) atoms. The van der Waals surface area contributed by atoms with E-state index in [9.17, 15) is 4.79 Å². The molecule has 0 aliphatic carbocycles. The van der Waals surface area contributed by atoms with Crippen LogP contribution in [0.25, 0.3) is 0 Å². The summed E-state index contributed by atoms with van der Waals surface area (Å²) in [6.45, 7) is 2.10. The van der Waals surface area contributed by atoms with Crippen molar-refractivity contribution in [2.24, 2.45) is 0 Å². The van der Waals surface area contributed by atoms with E-state index in [4.69, 9.17) is 14.9 Å². The van der Waals surface area contributed by atoms with Crippen LogP contribution in [-0.2, 0) is 4.74 Å². The van der Waals surface area contributed by atoms with Crippen LogP contribution in [-0.4, -0.2) is 53.6 Å². The number of nitrogens with zero attached hydrogens (tertiary/aromatic N) is 2. The third-order valence-corrected chi connectivity index (χ3v) is 3.21. The zero-order valence-electron chi connectivity index (χ0n) is 10.7. The minimum absolute atomic E-state index is 0.0540.